The Balaban J connectivity index is 1.49. The van der Waals surface area contributed by atoms with Gasteiger partial charge in [-0.1, -0.05) is 24.3 Å². The Morgan fingerprint density at radius 2 is 1.59 bits per heavy atom. The molecular weight excluding hydrogens is 474 g/mol. The smallest absolute Gasteiger partial charge is 0.261 e. The van der Waals surface area contributed by atoms with E-state index in [1.165, 1.54) is 34.6 Å². The fourth-order valence-corrected chi connectivity index (χ4v) is 6.58. The summed E-state index contributed by atoms with van der Waals surface area (Å²) in [5.41, 5.74) is 3.33. The predicted octanol–water partition coefficient (Wildman–Crippen LogP) is 3.90. The summed E-state index contributed by atoms with van der Waals surface area (Å²) >= 11 is 0. The average Bonchev–Trinajstić information content (AvgIpc) is 3.16. The molecule has 0 saturated carbocycles. The van der Waals surface area contributed by atoms with Gasteiger partial charge in [0, 0.05) is 17.8 Å². The van der Waals surface area contributed by atoms with Crippen molar-refractivity contribution in [2.24, 2.45) is 0 Å². The number of para-hydroxylation sites is 1. The largest absolute Gasteiger partial charge is 0.322 e. The first-order chi connectivity index (χ1) is 16.1. The Hall–Kier alpha value is -3.37. The number of benzene rings is 3. The number of nitrogens with zero attached hydrogens (tertiary/aromatic N) is 1. The maximum Gasteiger partial charge on any atom is 0.261 e. The molecule has 1 fully saturated rings. The van der Waals surface area contributed by atoms with Gasteiger partial charge in [0.15, 0.2) is 0 Å². The van der Waals surface area contributed by atoms with Crippen LogP contribution in [0.15, 0.2) is 71.6 Å². The third kappa shape index (κ3) is 4.92. The fourth-order valence-electron chi connectivity index (χ4n) is 3.82. The number of amides is 1. The van der Waals surface area contributed by atoms with Crippen LogP contribution in [-0.2, 0) is 20.0 Å². The molecule has 0 atom stereocenters. The van der Waals surface area contributed by atoms with Crippen molar-refractivity contribution in [3.05, 3.63) is 83.4 Å². The predicted molar refractivity (Wildman–Crippen MR) is 133 cm³/mol. The van der Waals surface area contributed by atoms with E-state index in [1.54, 1.807) is 18.2 Å². The third-order valence-corrected chi connectivity index (χ3v) is 8.87. The molecular formula is C24H25N3O5S2. The molecule has 34 heavy (non-hydrogen) atoms. The summed E-state index contributed by atoms with van der Waals surface area (Å²) in [5, 5.41) is 2.72. The monoisotopic (exact) mass is 499 g/mol. The van der Waals surface area contributed by atoms with Gasteiger partial charge < -0.3 is 5.32 Å². The lowest BCUT2D eigenvalue weighted by Crippen LogP contribution is -2.25. The highest BCUT2D eigenvalue weighted by molar-refractivity contribution is 7.93. The minimum atomic E-state index is -3.81. The Labute approximate surface area is 199 Å². The van der Waals surface area contributed by atoms with Crippen LogP contribution in [0.1, 0.15) is 27.9 Å². The molecule has 8 nitrogen and oxygen atoms in total. The van der Waals surface area contributed by atoms with Crippen molar-refractivity contribution < 1.29 is 21.6 Å². The average molecular weight is 500 g/mol. The summed E-state index contributed by atoms with van der Waals surface area (Å²) in [5.74, 6) is -0.334. The van der Waals surface area contributed by atoms with Crippen molar-refractivity contribution in [1.82, 2.24) is 0 Å². The first-order valence-electron chi connectivity index (χ1n) is 10.7. The second-order valence-corrected chi connectivity index (χ2v) is 11.8. The highest BCUT2D eigenvalue weighted by Crippen LogP contribution is 2.26. The van der Waals surface area contributed by atoms with Gasteiger partial charge in [-0.05, 0) is 73.9 Å². The van der Waals surface area contributed by atoms with Crippen molar-refractivity contribution in [2.75, 3.05) is 26.6 Å². The number of carbonyl (C=O) groups is 1. The Morgan fingerprint density at radius 3 is 2.21 bits per heavy atom. The van der Waals surface area contributed by atoms with Crippen LogP contribution in [0.2, 0.25) is 0 Å². The molecule has 178 valence electrons. The van der Waals surface area contributed by atoms with Crippen LogP contribution in [0.5, 0.6) is 0 Å². The number of carbonyl (C=O) groups excluding carboxylic acids is 1. The molecule has 0 spiro atoms. The van der Waals surface area contributed by atoms with Crippen LogP contribution >= 0.6 is 0 Å². The van der Waals surface area contributed by atoms with E-state index in [4.69, 9.17) is 0 Å². The number of sulfonamides is 2. The lowest BCUT2D eigenvalue weighted by atomic mass is 10.1. The van der Waals surface area contributed by atoms with Gasteiger partial charge in [0.1, 0.15) is 0 Å². The van der Waals surface area contributed by atoms with Crippen molar-refractivity contribution in [1.29, 1.82) is 0 Å². The SMILES string of the molecule is Cc1cccc(C)c1NS(=O)(=O)c1ccc(NC(=O)c2cccc(N3CCCS3(=O)=O)c2)cc1. The molecule has 0 unspecified atom stereocenters. The molecule has 3 aromatic rings. The second kappa shape index (κ2) is 9.11. The van der Waals surface area contributed by atoms with Crippen LogP contribution in [0.4, 0.5) is 17.1 Å². The molecule has 0 bridgehead atoms. The van der Waals surface area contributed by atoms with E-state index in [-0.39, 0.29) is 10.6 Å². The topological polar surface area (TPSA) is 113 Å². The number of nitrogens with one attached hydrogen (secondary N) is 2. The summed E-state index contributed by atoms with van der Waals surface area (Å²) in [6.07, 6.45) is 0.548. The number of hydrogen-bond donors (Lipinski definition) is 2. The molecule has 1 saturated heterocycles. The van der Waals surface area contributed by atoms with Gasteiger partial charge in [-0.3, -0.25) is 13.8 Å². The summed E-state index contributed by atoms with van der Waals surface area (Å²) in [6, 6.07) is 17.8. The summed E-state index contributed by atoms with van der Waals surface area (Å²) < 4.78 is 53.9. The van der Waals surface area contributed by atoms with E-state index in [2.05, 4.69) is 10.0 Å². The fraction of sp³-hybridized carbons (Fsp3) is 0.208. The van der Waals surface area contributed by atoms with Crippen LogP contribution in [0.25, 0.3) is 0 Å². The molecule has 1 heterocycles. The van der Waals surface area contributed by atoms with Crippen molar-refractivity contribution in [3.8, 4) is 0 Å². The third-order valence-electron chi connectivity index (χ3n) is 5.64. The molecule has 0 radical (unpaired) electrons. The quantitative estimate of drug-likeness (QED) is 0.534. The first-order valence-corrected chi connectivity index (χ1v) is 13.8. The van der Waals surface area contributed by atoms with Gasteiger partial charge in [-0.25, -0.2) is 16.8 Å². The van der Waals surface area contributed by atoms with Crippen LogP contribution in [0.3, 0.4) is 0 Å². The van der Waals surface area contributed by atoms with Gasteiger partial charge in [0.2, 0.25) is 10.0 Å². The molecule has 1 aliphatic heterocycles. The van der Waals surface area contributed by atoms with Gasteiger partial charge in [0.25, 0.3) is 15.9 Å². The second-order valence-electron chi connectivity index (χ2n) is 8.14. The van der Waals surface area contributed by atoms with Gasteiger partial charge >= 0.3 is 0 Å². The van der Waals surface area contributed by atoms with Crippen LogP contribution in [0, 0.1) is 13.8 Å². The van der Waals surface area contributed by atoms with E-state index in [9.17, 15) is 21.6 Å². The molecule has 0 aliphatic carbocycles. The molecule has 1 aliphatic rings. The molecule has 4 rings (SSSR count). The normalized spacial score (nSPS) is 15.2. The zero-order chi connectivity index (χ0) is 24.5. The van der Waals surface area contributed by atoms with E-state index >= 15 is 0 Å². The van der Waals surface area contributed by atoms with Crippen LogP contribution in [-0.4, -0.2) is 35.0 Å². The minimum absolute atomic E-state index is 0.0642. The first kappa shape index (κ1) is 23.8. The maximum absolute atomic E-state index is 12.8. The number of rotatable bonds is 6. The maximum atomic E-state index is 12.8. The lowest BCUT2D eigenvalue weighted by Gasteiger charge is -2.17. The summed E-state index contributed by atoms with van der Waals surface area (Å²) in [7, 11) is -7.16. The molecule has 0 aromatic heterocycles. The van der Waals surface area contributed by atoms with Crippen molar-refractivity contribution >= 4 is 43.0 Å². The summed E-state index contributed by atoms with van der Waals surface area (Å²) in [4.78, 5) is 12.8. The molecule has 1 amide bonds. The highest BCUT2D eigenvalue weighted by atomic mass is 32.2. The zero-order valence-corrected chi connectivity index (χ0v) is 20.4. The van der Waals surface area contributed by atoms with E-state index in [0.717, 1.165) is 11.1 Å². The van der Waals surface area contributed by atoms with Crippen molar-refractivity contribution in [3.63, 3.8) is 0 Å². The van der Waals surface area contributed by atoms with Gasteiger partial charge in [-0.15, -0.1) is 0 Å². The highest BCUT2D eigenvalue weighted by Gasteiger charge is 2.28. The standard InChI is InChI=1S/C24H25N3O5S2/c1-17-6-3-7-18(2)23(17)26-34(31,32)22-12-10-20(11-13-22)25-24(28)19-8-4-9-21(16-19)27-14-5-15-33(27,29)30/h3-4,6-13,16,26H,5,14-15H2,1-2H3,(H,25,28). The Kier molecular flexibility index (Phi) is 6.37. The van der Waals surface area contributed by atoms with E-state index < -0.39 is 26.0 Å². The number of anilines is 3. The number of hydrogen-bond acceptors (Lipinski definition) is 5. The van der Waals surface area contributed by atoms with E-state index in [1.807, 2.05) is 32.0 Å². The Morgan fingerprint density at radius 1 is 0.941 bits per heavy atom. The van der Waals surface area contributed by atoms with Crippen LogP contribution < -0.4 is 14.3 Å². The van der Waals surface area contributed by atoms with Gasteiger partial charge in [-0.2, -0.15) is 0 Å². The molecule has 10 heteroatoms. The Bertz CT molecular complexity index is 1430. The lowest BCUT2D eigenvalue weighted by molar-refractivity contribution is 0.102. The molecule has 2 N–H and O–H groups in total. The summed E-state index contributed by atoms with van der Waals surface area (Å²) in [6.45, 7) is 4.05. The molecule has 3 aromatic carbocycles. The number of aryl methyl sites for hydroxylation is 2. The minimum Gasteiger partial charge on any atom is -0.322 e. The van der Waals surface area contributed by atoms with Crippen molar-refractivity contribution in [2.45, 2.75) is 25.2 Å². The van der Waals surface area contributed by atoms with E-state index in [0.29, 0.717) is 35.6 Å². The zero-order valence-electron chi connectivity index (χ0n) is 18.8. The van der Waals surface area contributed by atoms with Gasteiger partial charge in [0.05, 0.1) is 22.0 Å².